The number of benzene rings is 10. The fourth-order valence-electron chi connectivity index (χ4n) is 8.63. The fourth-order valence-corrected chi connectivity index (χ4v) is 8.63. The highest BCUT2D eigenvalue weighted by Gasteiger charge is 2.20. The van der Waals surface area contributed by atoms with Crippen LogP contribution in [0.1, 0.15) is 0 Å². The predicted octanol–water partition coefficient (Wildman–Crippen LogP) is 16.0. The molecule has 0 saturated heterocycles. The SMILES string of the molecule is c1cc(-c2cc3ccccc3o2)cc(-c2ccc(N(c3ccc(-c4ccc(-c5cccc6ccccc56)cc4)cc3)c3cccc4ccccc34)c3ccccc23)c1. The minimum Gasteiger partial charge on any atom is -0.456 e. The minimum absolute atomic E-state index is 0.871. The smallest absolute Gasteiger partial charge is 0.135 e. The Balaban J connectivity index is 1.00. The molecule has 0 aliphatic heterocycles. The number of para-hydroxylation sites is 1. The molecule has 0 spiro atoms. The molecule has 0 N–H and O–H groups in total. The lowest BCUT2D eigenvalue weighted by atomic mass is 9.94. The molecule has 2 heteroatoms. The van der Waals surface area contributed by atoms with Crippen LogP contribution in [0.25, 0.3) is 88.0 Å². The second-order valence-corrected chi connectivity index (χ2v) is 14.9. The summed E-state index contributed by atoms with van der Waals surface area (Å²) in [7, 11) is 0. The molecular weight excluding hydrogens is 703 g/mol. The average Bonchev–Trinajstić information content (AvgIpc) is 3.74. The summed E-state index contributed by atoms with van der Waals surface area (Å²) in [6.07, 6.45) is 0. The van der Waals surface area contributed by atoms with E-state index in [0.717, 1.165) is 44.9 Å². The molecule has 11 aromatic rings. The Bertz CT molecular complexity index is 3240. The first-order valence-electron chi connectivity index (χ1n) is 19.8. The molecule has 0 atom stereocenters. The number of fused-ring (bicyclic) bond motifs is 4. The highest BCUT2D eigenvalue weighted by atomic mass is 16.3. The summed E-state index contributed by atoms with van der Waals surface area (Å²) in [5, 5.41) is 8.40. The van der Waals surface area contributed by atoms with Gasteiger partial charge in [0.1, 0.15) is 11.3 Å². The molecule has 1 aromatic heterocycles. The monoisotopic (exact) mass is 739 g/mol. The highest BCUT2D eigenvalue weighted by Crippen LogP contribution is 2.45. The van der Waals surface area contributed by atoms with Crippen LogP contribution in [0.4, 0.5) is 17.1 Å². The zero-order valence-corrected chi connectivity index (χ0v) is 31.7. The van der Waals surface area contributed by atoms with Crippen molar-refractivity contribution in [2.24, 2.45) is 0 Å². The van der Waals surface area contributed by atoms with Gasteiger partial charge in [0.15, 0.2) is 0 Å². The molecule has 11 rings (SSSR count). The lowest BCUT2D eigenvalue weighted by Gasteiger charge is -2.29. The van der Waals surface area contributed by atoms with Gasteiger partial charge in [-0.3, -0.25) is 0 Å². The van der Waals surface area contributed by atoms with Gasteiger partial charge in [-0.2, -0.15) is 0 Å². The summed E-state index contributed by atoms with van der Waals surface area (Å²) in [4.78, 5) is 2.42. The van der Waals surface area contributed by atoms with Gasteiger partial charge in [0.2, 0.25) is 0 Å². The highest BCUT2D eigenvalue weighted by molar-refractivity contribution is 6.09. The molecule has 58 heavy (non-hydrogen) atoms. The summed E-state index contributed by atoms with van der Waals surface area (Å²) in [6.45, 7) is 0. The number of anilines is 3. The number of hydrogen-bond donors (Lipinski definition) is 0. The lowest BCUT2D eigenvalue weighted by Crippen LogP contribution is -2.11. The van der Waals surface area contributed by atoms with Crippen LogP contribution in [0, 0.1) is 0 Å². The maximum Gasteiger partial charge on any atom is 0.135 e. The van der Waals surface area contributed by atoms with Crippen LogP contribution in [0.3, 0.4) is 0 Å². The normalized spacial score (nSPS) is 11.4. The van der Waals surface area contributed by atoms with E-state index in [0.29, 0.717) is 0 Å². The summed E-state index contributed by atoms with van der Waals surface area (Å²) in [5.74, 6) is 0.871. The third-order valence-electron chi connectivity index (χ3n) is 11.5. The van der Waals surface area contributed by atoms with E-state index in [1.54, 1.807) is 0 Å². The van der Waals surface area contributed by atoms with Crippen LogP contribution >= 0.6 is 0 Å². The predicted molar refractivity (Wildman–Crippen MR) is 245 cm³/mol. The average molecular weight is 740 g/mol. The van der Waals surface area contributed by atoms with Crippen molar-refractivity contribution in [2.45, 2.75) is 0 Å². The van der Waals surface area contributed by atoms with E-state index in [9.17, 15) is 0 Å². The molecular formula is C56H37NO. The van der Waals surface area contributed by atoms with E-state index in [1.807, 2.05) is 18.2 Å². The maximum absolute atomic E-state index is 6.28. The molecule has 2 nitrogen and oxygen atoms in total. The zero-order chi connectivity index (χ0) is 38.4. The first-order valence-corrected chi connectivity index (χ1v) is 19.8. The molecule has 10 aromatic carbocycles. The van der Waals surface area contributed by atoms with E-state index in [-0.39, 0.29) is 0 Å². The third-order valence-corrected chi connectivity index (χ3v) is 11.5. The zero-order valence-electron chi connectivity index (χ0n) is 31.7. The van der Waals surface area contributed by atoms with Crippen molar-refractivity contribution in [2.75, 3.05) is 4.90 Å². The van der Waals surface area contributed by atoms with Crippen molar-refractivity contribution >= 4 is 60.3 Å². The summed E-state index contributed by atoms with van der Waals surface area (Å²) in [6, 6.07) is 80.7. The number of hydrogen-bond acceptors (Lipinski definition) is 2. The molecule has 0 saturated carbocycles. The fraction of sp³-hybridized carbons (Fsp3) is 0. The summed E-state index contributed by atoms with van der Waals surface area (Å²) >= 11 is 0. The first kappa shape index (κ1) is 33.6. The van der Waals surface area contributed by atoms with Gasteiger partial charge in [-0.05, 0) is 97.4 Å². The topological polar surface area (TPSA) is 16.4 Å². The van der Waals surface area contributed by atoms with Crippen molar-refractivity contribution in [1.82, 2.24) is 0 Å². The Morgan fingerprint density at radius 1 is 0.293 bits per heavy atom. The van der Waals surface area contributed by atoms with E-state index in [2.05, 4.69) is 211 Å². The van der Waals surface area contributed by atoms with Gasteiger partial charge in [-0.1, -0.05) is 182 Å². The van der Waals surface area contributed by atoms with Crippen LogP contribution in [-0.2, 0) is 0 Å². The largest absolute Gasteiger partial charge is 0.456 e. The lowest BCUT2D eigenvalue weighted by molar-refractivity contribution is 0.631. The molecule has 0 unspecified atom stereocenters. The standard InChI is InChI=1S/C56H37NO/c1-4-19-47-40(12-1)15-10-23-48(47)42-28-26-38(27-29-42)39-30-32-46(33-31-39)57(53-24-11-16-41-13-2-5-20-50(41)53)54-35-34-49(51-21-6-7-22-52(51)54)43-17-9-18-44(36-43)56-37-45-14-3-8-25-55(45)58-56/h1-37H. The van der Waals surface area contributed by atoms with E-state index in [4.69, 9.17) is 4.42 Å². The summed E-state index contributed by atoms with van der Waals surface area (Å²) in [5.41, 5.74) is 12.5. The molecule has 0 aliphatic carbocycles. The van der Waals surface area contributed by atoms with Crippen molar-refractivity contribution in [1.29, 1.82) is 0 Å². The van der Waals surface area contributed by atoms with Crippen LogP contribution in [0.2, 0.25) is 0 Å². The van der Waals surface area contributed by atoms with Crippen LogP contribution in [-0.4, -0.2) is 0 Å². The number of furan rings is 1. The van der Waals surface area contributed by atoms with Gasteiger partial charge in [0, 0.05) is 27.4 Å². The number of rotatable bonds is 7. The van der Waals surface area contributed by atoms with E-state index < -0.39 is 0 Å². The van der Waals surface area contributed by atoms with Crippen molar-refractivity contribution in [3.63, 3.8) is 0 Å². The van der Waals surface area contributed by atoms with Gasteiger partial charge < -0.3 is 9.32 Å². The number of nitrogens with zero attached hydrogens (tertiary/aromatic N) is 1. The second kappa shape index (κ2) is 14.1. The molecule has 1 heterocycles. The molecule has 0 fully saturated rings. The van der Waals surface area contributed by atoms with E-state index >= 15 is 0 Å². The third kappa shape index (κ3) is 5.91. The Morgan fingerprint density at radius 2 is 0.828 bits per heavy atom. The van der Waals surface area contributed by atoms with Crippen LogP contribution in [0.5, 0.6) is 0 Å². The Morgan fingerprint density at radius 3 is 1.60 bits per heavy atom. The van der Waals surface area contributed by atoms with Gasteiger partial charge in [-0.15, -0.1) is 0 Å². The van der Waals surface area contributed by atoms with Gasteiger partial charge in [-0.25, -0.2) is 0 Å². The van der Waals surface area contributed by atoms with Crippen molar-refractivity contribution in [3.8, 4) is 44.7 Å². The van der Waals surface area contributed by atoms with Gasteiger partial charge >= 0.3 is 0 Å². The van der Waals surface area contributed by atoms with Crippen molar-refractivity contribution < 1.29 is 4.42 Å². The summed E-state index contributed by atoms with van der Waals surface area (Å²) < 4.78 is 6.28. The second-order valence-electron chi connectivity index (χ2n) is 14.9. The van der Waals surface area contributed by atoms with Crippen molar-refractivity contribution in [3.05, 3.63) is 224 Å². The quantitative estimate of drug-likeness (QED) is 0.162. The van der Waals surface area contributed by atoms with Gasteiger partial charge in [0.25, 0.3) is 0 Å². The van der Waals surface area contributed by atoms with Crippen LogP contribution < -0.4 is 4.90 Å². The van der Waals surface area contributed by atoms with E-state index in [1.165, 1.54) is 60.1 Å². The molecule has 0 bridgehead atoms. The first-order chi connectivity index (χ1) is 28.7. The maximum atomic E-state index is 6.28. The Kier molecular flexibility index (Phi) is 8.19. The molecule has 0 amide bonds. The molecule has 0 aliphatic rings. The molecule has 272 valence electrons. The minimum atomic E-state index is 0.871. The van der Waals surface area contributed by atoms with Gasteiger partial charge in [0.05, 0.1) is 11.4 Å². The Labute approximate surface area is 337 Å². The molecule has 0 radical (unpaired) electrons. The Hall–Kier alpha value is -7.68. The van der Waals surface area contributed by atoms with Crippen LogP contribution in [0.15, 0.2) is 229 Å².